The minimum Gasteiger partial charge on any atom is -0.459 e. The van der Waals surface area contributed by atoms with Crippen LogP contribution in [0.1, 0.15) is 46.5 Å². The largest absolute Gasteiger partial charge is 0.459 e. The van der Waals surface area contributed by atoms with E-state index in [0.717, 1.165) is 17.9 Å². The van der Waals surface area contributed by atoms with E-state index in [2.05, 4.69) is 0 Å². The maximum Gasteiger partial charge on any atom is 0.410 e. The molecule has 9 nitrogen and oxygen atoms in total. The number of likely N-dealkylation sites (tertiary alicyclic amines) is 1. The highest BCUT2D eigenvalue weighted by Gasteiger charge is 2.64. The highest BCUT2D eigenvalue weighted by atomic mass is 16.6. The monoisotopic (exact) mass is 381 g/mol. The van der Waals surface area contributed by atoms with Crippen LogP contribution in [0, 0.1) is 5.41 Å². The van der Waals surface area contributed by atoms with Crippen LogP contribution in [0.5, 0.6) is 0 Å². The van der Waals surface area contributed by atoms with Gasteiger partial charge in [0.25, 0.3) is 0 Å². The lowest BCUT2D eigenvalue weighted by Crippen LogP contribution is -2.50. The molecule has 3 atom stereocenters. The summed E-state index contributed by atoms with van der Waals surface area (Å²) in [6, 6.07) is -1.40. The van der Waals surface area contributed by atoms with E-state index < -0.39 is 35.8 Å². The van der Waals surface area contributed by atoms with Gasteiger partial charge in [-0.15, -0.1) is 0 Å². The van der Waals surface area contributed by atoms with Crippen LogP contribution in [0.2, 0.25) is 0 Å². The molecule has 3 amide bonds. The SMILES string of the molecule is CC(C)(C)OC(=O)N1CC[C@H](OC(=O)[C@@H]2CC3(CC3)[C@@H]3CN2C(=O)N3O)C1. The predicted octanol–water partition coefficient (Wildman–Crippen LogP) is 1.59. The first kappa shape index (κ1) is 18.3. The van der Waals surface area contributed by atoms with Crippen molar-refractivity contribution in [1.82, 2.24) is 14.9 Å². The maximum absolute atomic E-state index is 12.8. The van der Waals surface area contributed by atoms with Gasteiger partial charge in [-0.3, -0.25) is 5.21 Å². The number of hydrogen-bond donors (Lipinski definition) is 1. The summed E-state index contributed by atoms with van der Waals surface area (Å²) in [4.78, 5) is 40.1. The van der Waals surface area contributed by atoms with Gasteiger partial charge in [0.2, 0.25) is 0 Å². The molecule has 0 radical (unpaired) electrons. The van der Waals surface area contributed by atoms with Crippen molar-refractivity contribution < 1.29 is 29.1 Å². The summed E-state index contributed by atoms with van der Waals surface area (Å²) in [6.07, 6.45) is 2.09. The molecule has 1 spiro atoms. The molecule has 3 saturated heterocycles. The zero-order valence-corrected chi connectivity index (χ0v) is 16.0. The lowest BCUT2D eigenvalue weighted by molar-refractivity contribution is -0.155. The molecular weight excluding hydrogens is 354 g/mol. The third-order valence-electron chi connectivity index (χ3n) is 6.03. The highest BCUT2D eigenvalue weighted by molar-refractivity contribution is 5.86. The molecule has 3 heterocycles. The zero-order valence-electron chi connectivity index (χ0n) is 16.0. The molecular formula is C18H27N3O6. The first-order chi connectivity index (χ1) is 12.6. The van der Waals surface area contributed by atoms with Gasteiger partial charge in [-0.1, -0.05) is 0 Å². The van der Waals surface area contributed by atoms with Gasteiger partial charge in [0, 0.05) is 19.5 Å². The average Bonchev–Trinajstić information content (AvgIpc) is 3.08. The molecule has 2 bridgehead atoms. The second-order valence-corrected chi connectivity index (χ2v) is 9.15. The van der Waals surface area contributed by atoms with Crippen molar-refractivity contribution >= 4 is 18.1 Å². The molecule has 4 aliphatic rings. The van der Waals surface area contributed by atoms with E-state index in [1.165, 1.54) is 4.90 Å². The van der Waals surface area contributed by atoms with E-state index in [-0.39, 0.29) is 11.5 Å². The molecule has 1 N–H and O–H groups in total. The van der Waals surface area contributed by atoms with E-state index in [0.29, 0.717) is 32.5 Å². The van der Waals surface area contributed by atoms with Crippen LogP contribution in [0.3, 0.4) is 0 Å². The fourth-order valence-corrected chi connectivity index (χ4v) is 4.42. The summed E-state index contributed by atoms with van der Waals surface area (Å²) in [5.74, 6) is -0.445. The summed E-state index contributed by atoms with van der Waals surface area (Å²) >= 11 is 0. The Bertz CT molecular complexity index is 670. The van der Waals surface area contributed by atoms with E-state index in [1.807, 2.05) is 0 Å². The van der Waals surface area contributed by atoms with Crippen LogP contribution in [-0.4, -0.2) is 81.6 Å². The van der Waals surface area contributed by atoms with E-state index in [9.17, 15) is 19.6 Å². The zero-order chi connectivity index (χ0) is 19.6. The third kappa shape index (κ3) is 3.22. The lowest BCUT2D eigenvalue weighted by atomic mass is 9.85. The highest BCUT2D eigenvalue weighted by Crippen LogP contribution is 2.58. The Kier molecular flexibility index (Phi) is 4.06. The molecule has 9 heteroatoms. The van der Waals surface area contributed by atoms with Gasteiger partial charge in [-0.25, -0.2) is 19.4 Å². The van der Waals surface area contributed by atoms with Crippen LogP contribution >= 0.6 is 0 Å². The second kappa shape index (κ2) is 5.98. The fourth-order valence-electron chi connectivity index (χ4n) is 4.42. The summed E-state index contributed by atoms with van der Waals surface area (Å²) in [5, 5.41) is 10.8. The van der Waals surface area contributed by atoms with Gasteiger partial charge in [-0.05, 0) is 45.4 Å². The van der Waals surface area contributed by atoms with Gasteiger partial charge >= 0.3 is 18.1 Å². The Hall–Kier alpha value is -2.03. The molecule has 3 aliphatic heterocycles. The second-order valence-electron chi connectivity index (χ2n) is 9.15. The number of hydroxylamine groups is 2. The van der Waals surface area contributed by atoms with Crippen molar-refractivity contribution in [2.45, 2.75) is 70.2 Å². The van der Waals surface area contributed by atoms with Crippen molar-refractivity contribution in [2.24, 2.45) is 5.41 Å². The molecule has 0 aromatic rings. The van der Waals surface area contributed by atoms with Crippen molar-refractivity contribution in [3.8, 4) is 0 Å². The van der Waals surface area contributed by atoms with Crippen molar-refractivity contribution in [3.63, 3.8) is 0 Å². The molecule has 4 rings (SSSR count). The topological polar surface area (TPSA) is 99.6 Å². The lowest BCUT2D eigenvalue weighted by Gasteiger charge is -2.35. The number of fused-ring (bicyclic) bond motifs is 3. The number of amides is 3. The molecule has 0 unspecified atom stereocenters. The van der Waals surface area contributed by atoms with Gasteiger partial charge < -0.3 is 19.3 Å². The molecule has 4 fully saturated rings. The first-order valence-corrected chi connectivity index (χ1v) is 9.57. The fraction of sp³-hybridized carbons (Fsp3) is 0.833. The number of rotatable bonds is 2. The molecule has 150 valence electrons. The number of hydrogen-bond acceptors (Lipinski definition) is 6. The summed E-state index contributed by atoms with van der Waals surface area (Å²) in [7, 11) is 0. The minimum atomic E-state index is -0.663. The Balaban J connectivity index is 1.36. The van der Waals surface area contributed by atoms with Gasteiger partial charge in [-0.2, -0.15) is 0 Å². The van der Waals surface area contributed by atoms with Gasteiger partial charge in [0.05, 0.1) is 12.6 Å². The van der Waals surface area contributed by atoms with Crippen LogP contribution < -0.4 is 0 Å². The average molecular weight is 381 g/mol. The van der Waals surface area contributed by atoms with Crippen LogP contribution in [0.25, 0.3) is 0 Å². The maximum atomic E-state index is 12.8. The Labute approximate surface area is 158 Å². The molecule has 0 aromatic carbocycles. The summed E-state index contributed by atoms with van der Waals surface area (Å²) in [5.41, 5.74) is -0.728. The van der Waals surface area contributed by atoms with E-state index >= 15 is 0 Å². The standard InChI is InChI=1S/C18H27N3O6/c1-17(2,3)27-16(24)19-7-4-11(9-19)26-14(22)12-8-18(5-6-18)13-10-20(12)15(23)21(13)25/h11-13,25H,4-10H2,1-3H3/t11-,12-,13-/m0/s1. The number of esters is 1. The predicted molar refractivity (Wildman–Crippen MR) is 91.9 cm³/mol. The first-order valence-electron chi connectivity index (χ1n) is 9.57. The van der Waals surface area contributed by atoms with Crippen molar-refractivity contribution in [1.29, 1.82) is 0 Å². The van der Waals surface area contributed by atoms with Crippen molar-refractivity contribution in [3.05, 3.63) is 0 Å². The molecule has 1 aliphatic carbocycles. The normalized spacial score (nSPS) is 31.5. The Morgan fingerprint density at radius 2 is 1.93 bits per heavy atom. The van der Waals surface area contributed by atoms with Crippen LogP contribution in [0.4, 0.5) is 9.59 Å². The summed E-state index contributed by atoms with van der Waals surface area (Å²) in [6.45, 7) is 6.54. The Morgan fingerprint density at radius 3 is 2.56 bits per heavy atom. The number of piperidine rings is 1. The van der Waals surface area contributed by atoms with Crippen molar-refractivity contribution in [2.75, 3.05) is 19.6 Å². The molecule has 0 aromatic heterocycles. The number of ether oxygens (including phenoxy) is 2. The van der Waals surface area contributed by atoms with Crippen LogP contribution in [0.15, 0.2) is 0 Å². The van der Waals surface area contributed by atoms with Gasteiger partial charge in [0.15, 0.2) is 0 Å². The number of carbonyl (C=O) groups is 3. The number of nitrogens with zero attached hydrogens (tertiary/aromatic N) is 3. The molecule has 1 saturated carbocycles. The van der Waals surface area contributed by atoms with E-state index in [4.69, 9.17) is 9.47 Å². The van der Waals surface area contributed by atoms with E-state index in [1.54, 1.807) is 25.7 Å². The smallest absolute Gasteiger partial charge is 0.410 e. The summed E-state index contributed by atoms with van der Waals surface area (Å²) < 4.78 is 11.0. The third-order valence-corrected chi connectivity index (χ3v) is 6.03. The Morgan fingerprint density at radius 1 is 1.22 bits per heavy atom. The number of urea groups is 1. The van der Waals surface area contributed by atoms with Crippen LogP contribution in [-0.2, 0) is 14.3 Å². The quantitative estimate of drug-likeness (QED) is 0.576. The number of carbonyl (C=O) groups excluding carboxylic acids is 3. The molecule has 27 heavy (non-hydrogen) atoms. The minimum absolute atomic E-state index is 0.153. The van der Waals surface area contributed by atoms with Gasteiger partial charge in [0.1, 0.15) is 17.7 Å².